The Bertz CT molecular complexity index is 1010. The van der Waals surface area contributed by atoms with Gasteiger partial charge in [-0.2, -0.15) is 5.10 Å². The largest absolute Gasteiger partial charge is 0.272 e. The molecule has 0 aliphatic rings. The number of thioether (sulfide) groups is 2. The van der Waals surface area contributed by atoms with Crippen LogP contribution < -0.4 is 5.43 Å². The highest BCUT2D eigenvalue weighted by Gasteiger charge is 2.09. The van der Waals surface area contributed by atoms with Gasteiger partial charge in [0, 0.05) is 16.3 Å². The molecular weight excluding hydrogens is 467 g/mol. The van der Waals surface area contributed by atoms with Crippen molar-refractivity contribution in [2.75, 3.05) is 5.75 Å². The number of carbonyl (C=O) groups is 1. The molecule has 5 nitrogen and oxygen atoms in total. The Balaban J connectivity index is 1.42. The van der Waals surface area contributed by atoms with Crippen LogP contribution in [0, 0.1) is 6.92 Å². The molecule has 3 rings (SSSR count). The van der Waals surface area contributed by atoms with E-state index in [0.29, 0.717) is 15.6 Å². The van der Waals surface area contributed by atoms with Gasteiger partial charge >= 0.3 is 0 Å². The van der Waals surface area contributed by atoms with Crippen LogP contribution in [0.15, 0.2) is 56.2 Å². The van der Waals surface area contributed by atoms with Crippen molar-refractivity contribution < 1.29 is 4.79 Å². The van der Waals surface area contributed by atoms with Crippen molar-refractivity contribution in [2.45, 2.75) is 21.4 Å². The standard InChI is InChI=1S/C19H16Cl2N4OS3/c1-12-2-4-13(5-3-12)10-27-18-24-25-19(29-18)28-11-17(26)23-22-9-14-6-7-15(20)8-16(14)21/h2-9H,10-11H2,1H3,(H,23,26)/b22-9-. The van der Waals surface area contributed by atoms with Crippen molar-refractivity contribution >= 4 is 70.2 Å². The second kappa shape index (κ2) is 11.0. The van der Waals surface area contributed by atoms with Gasteiger partial charge in [-0.05, 0) is 24.6 Å². The van der Waals surface area contributed by atoms with E-state index in [4.69, 9.17) is 23.2 Å². The summed E-state index contributed by atoms with van der Waals surface area (Å²) < 4.78 is 1.63. The molecule has 1 heterocycles. The molecule has 0 fully saturated rings. The number of benzene rings is 2. The van der Waals surface area contributed by atoms with Gasteiger partial charge in [0.2, 0.25) is 0 Å². The van der Waals surface area contributed by atoms with Gasteiger partial charge in [0.15, 0.2) is 8.68 Å². The number of nitrogens with zero attached hydrogens (tertiary/aromatic N) is 3. The molecule has 0 aliphatic carbocycles. The molecule has 10 heteroatoms. The lowest BCUT2D eigenvalue weighted by molar-refractivity contribution is -0.118. The lowest BCUT2D eigenvalue weighted by Gasteiger charge is -2.00. The second-order valence-electron chi connectivity index (χ2n) is 5.86. The fourth-order valence-electron chi connectivity index (χ4n) is 2.08. The average molecular weight is 483 g/mol. The van der Waals surface area contributed by atoms with E-state index in [1.165, 1.54) is 40.4 Å². The van der Waals surface area contributed by atoms with Gasteiger partial charge in [-0.25, -0.2) is 5.43 Å². The number of hydrazone groups is 1. The van der Waals surface area contributed by atoms with Gasteiger partial charge in [-0.15, -0.1) is 10.2 Å². The van der Waals surface area contributed by atoms with Crippen molar-refractivity contribution in [3.63, 3.8) is 0 Å². The number of carbonyl (C=O) groups excluding carboxylic acids is 1. The van der Waals surface area contributed by atoms with E-state index in [1.54, 1.807) is 30.0 Å². The number of amides is 1. The van der Waals surface area contributed by atoms with Crippen LogP contribution in [0.25, 0.3) is 0 Å². The van der Waals surface area contributed by atoms with Crippen LogP contribution in [0.4, 0.5) is 0 Å². The van der Waals surface area contributed by atoms with E-state index in [-0.39, 0.29) is 11.7 Å². The molecule has 0 atom stereocenters. The van der Waals surface area contributed by atoms with Gasteiger partial charge in [0.25, 0.3) is 5.91 Å². The van der Waals surface area contributed by atoms with Crippen LogP contribution in [0.1, 0.15) is 16.7 Å². The molecule has 0 unspecified atom stereocenters. The quantitative estimate of drug-likeness (QED) is 0.253. The Morgan fingerprint density at radius 2 is 1.86 bits per heavy atom. The first-order valence-electron chi connectivity index (χ1n) is 8.41. The number of hydrogen-bond acceptors (Lipinski definition) is 7. The van der Waals surface area contributed by atoms with E-state index in [1.807, 2.05) is 0 Å². The van der Waals surface area contributed by atoms with Gasteiger partial charge in [-0.1, -0.05) is 94.0 Å². The Morgan fingerprint density at radius 1 is 1.14 bits per heavy atom. The molecular formula is C19H16Cl2N4OS3. The van der Waals surface area contributed by atoms with Crippen molar-refractivity contribution in [2.24, 2.45) is 5.10 Å². The highest BCUT2D eigenvalue weighted by Crippen LogP contribution is 2.30. The summed E-state index contributed by atoms with van der Waals surface area (Å²) in [6.45, 7) is 2.07. The Morgan fingerprint density at radius 3 is 2.59 bits per heavy atom. The van der Waals surface area contributed by atoms with Crippen LogP contribution in [0.3, 0.4) is 0 Å². The molecule has 2 aromatic carbocycles. The predicted molar refractivity (Wildman–Crippen MR) is 124 cm³/mol. The molecule has 1 N–H and O–H groups in total. The minimum absolute atomic E-state index is 0.197. The highest BCUT2D eigenvalue weighted by molar-refractivity contribution is 8.03. The van der Waals surface area contributed by atoms with Crippen molar-refractivity contribution in [1.82, 2.24) is 15.6 Å². The highest BCUT2D eigenvalue weighted by atomic mass is 35.5. The van der Waals surface area contributed by atoms with Gasteiger partial charge in [0.05, 0.1) is 17.0 Å². The van der Waals surface area contributed by atoms with Crippen molar-refractivity contribution in [1.29, 1.82) is 0 Å². The molecule has 150 valence electrons. The summed E-state index contributed by atoms with van der Waals surface area (Å²) in [6.07, 6.45) is 1.48. The topological polar surface area (TPSA) is 67.2 Å². The molecule has 0 bridgehead atoms. The van der Waals surface area contributed by atoms with E-state index in [0.717, 1.165) is 14.4 Å². The Hall–Kier alpha value is -1.58. The molecule has 0 aliphatic heterocycles. The first-order chi connectivity index (χ1) is 14.0. The van der Waals surface area contributed by atoms with Crippen LogP contribution in [0.2, 0.25) is 10.0 Å². The maximum absolute atomic E-state index is 11.9. The lowest BCUT2D eigenvalue weighted by Crippen LogP contribution is -2.19. The van der Waals surface area contributed by atoms with E-state index < -0.39 is 0 Å². The first kappa shape index (κ1) is 22.1. The monoisotopic (exact) mass is 482 g/mol. The van der Waals surface area contributed by atoms with Crippen molar-refractivity contribution in [3.8, 4) is 0 Å². The maximum Gasteiger partial charge on any atom is 0.250 e. The minimum atomic E-state index is -0.236. The zero-order valence-corrected chi connectivity index (χ0v) is 19.2. The third-order valence-corrected chi connectivity index (χ3v) is 7.38. The predicted octanol–water partition coefficient (Wildman–Crippen LogP) is 5.69. The summed E-state index contributed by atoms with van der Waals surface area (Å²) in [6, 6.07) is 13.5. The molecule has 0 spiro atoms. The van der Waals surface area contributed by atoms with Crippen LogP contribution >= 0.6 is 58.1 Å². The van der Waals surface area contributed by atoms with Gasteiger partial charge in [0.1, 0.15) is 0 Å². The summed E-state index contributed by atoms with van der Waals surface area (Å²) in [5, 5.41) is 13.2. The minimum Gasteiger partial charge on any atom is -0.272 e. The number of hydrogen-bond donors (Lipinski definition) is 1. The number of aromatic nitrogens is 2. The SMILES string of the molecule is Cc1ccc(CSc2nnc(SCC(=O)N/N=C\c3ccc(Cl)cc3Cl)s2)cc1. The van der Waals surface area contributed by atoms with E-state index in [9.17, 15) is 4.79 Å². The normalized spacial score (nSPS) is 11.1. The van der Waals surface area contributed by atoms with Crippen molar-refractivity contribution in [3.05, 3.63) is 69.2 Å². The number of aryl methyl sites for hydroxylation is 1. The molecule has 1 aromatic heterocycles. The molecule has 0 saturated heterocycles. The van der Waals surface area contributed by atoms with Crippen LogP contribution in [-0.4, -0.2) is 28.1 Å². The fraction of sp³-hybridized carbons (Fsp3) is 0.158. The average Bonchev–Trinajstić information content (AvgIpc) is 3.15. The van der Waals surface area contributed by atoms with E-state index in [2.05, 4.69) is 51.9 Å². The molecule has 29 heavy (non-hydrogen) atoms. The smallest absolute Gasteiger partial charge is 0.250 e. The molecule has 1 amide bonds. The Kier molecular flexibility index (Phi) is 8.38. The maximum atomic E-state index is 11.9. The molecule has 0 radical (unpaired) electrons. The first-order valence-corrected chi connectivity index (χ1v) is 12.0. The lowest BCUT2D eigenvalue weighted by atomic mass is 10.2. The number of nitrogens with one attached hydrogen (secondary N) is 1. The summed E-state index contributed by atoms with van der Waals surface area (Å²) in [5.41, 5.74) is 5.62. The summed E-state index contributed by atoms with van der Waals surface area (Å²) in [4.78, 5) is 11.9. The Labute approximate surface area is 191 Å². The zero-order valence-electron chi connectivity index (χ0n) is 15.3. The summed E-state index contributed by atoms with van der Waals surface area (Å²) in [7, 11) is 0. The second-order valence-corrected chi connectivity index (χ2v) is 10.1. The third kappa shape index (κ3) is 7.31. The van der Waals surface area contributed by atoms with E-state index >= 15 is 0 Å². The number of rotatable bonds is 8. The van der Waals surface area contributed by atoms with Gasteiger partial charge in [-0.3, -0.25) is 4.79 Å². The molecule has 0 saturated carbocycles. The van der Waals surface area contributed by atoms with Crippen LogP contribution in [-0.2, 0) is 10.5 Å². The summed E-state index contributed by atoms with van der Waals surface area (Å²) in [5.74, 6) is 0.797. The zero-order chi connectivity index (χ0) is 20.6. The summed E-state index contributed by atoms with van der Waals surface area (Å²) >= 11 is 16.3. The van der Waals surface area contributed by atoms with Gasteiger partial charge < -0.3 is 0 Å². The third-order valence-electron chi connectivity index (χ3n) is 3.55. The fourth-order valence-corrected chi connectivity index (χ4v) is 5.31. The number of halogens is 2. The van der Waals surface area contributed by atoms with Crippen LogP contribution in [0.5, 0.6) is 0 Å². The molecule has 3 aromatic rings.